The summed E-state index contributed by atoms with van der Waals surface area (Å²) in [5.74, 6) is 5.13. The Morgan fingerprint density at radius 1 is 1.52 bits per heavy atom. The van der Waals surface area contributed by atoms with Crippen LogP contribution in [-0.4, -0.2) is 25.1 Å². The van der Waals surface area contributed by atoms with E-state index in [1.165, 1.54) is 33.7 Å². The first-order valence-electron chi connectivity index (χ1n) is 6.09. The minimum Gasteiger partial charge on any atom is -0.456 e. The third-order valence-electron chi connectivity index (χ3n) is 3.08. The Hall–Kier alpha value is -2.94. The highest BCUT2D eigenvalue weighted by atomic mass is 16.4. The minimum absolute atomic E-state index is 0.0866. The van der Waals surface area contributed by atoms with Gasteiger partial charge >= 0.3 is 11.6 Å². The van der Waals surface area contributed by atoms with Crippen LogP contribution in [-0.2, 0) is 6.54 Å². The maximum atomic E-state index is 12.1. The van der Waals surface area contributed by atoms with E-state index in [-0.39, 0.29) is 18.0 Å². The zero-order chi connectivity index (χ0) is 15.0. The van der Waals surface area contributed by atoms with Gasteiger partial charge in [-0.2, -0.15) is 0 Å². The van der Waals surface area contributed by atoms with Crippen molar-refractivity contribution in [3.63, 3.8) is 0 Å². The van der Waals surface area contributed by atoms with Crippen LogP contribution in [0.4, 0.5) is 0 Å². The Morgan fingerprint density at radius 2 is 2.33 bits per heavy atom. The third-order valence-corrected chi connectivity index (χ3v) is 3.08. The SMILES string of the molecule is Cc1oc(C(=O)NN)cc1Cn1nc2cnccn2c1=O. The van der Waals surface area contributed by atoms with Gasteiger partial charge in [-0.3, -0.25) is 15.2 Å². The number of nitrogens with zero attached hydrogens (tertiary/aromatic N) is 4. The standard InChI is InChI=1S/C12H12N6O3/c1-7-8(4-9(21-7)11(19)15-13)6-18-12(20)17-3-2-14-5-10(17)16-18/h2-5H,6,13H2,1H3,(H,15,19). The van der Waals surface area contributed by atoms with Gasteiger partial charge in [0.2, 0.25) is 0 Å². The summed E-state index contributed by atoms with van der Waals surface area (Å²) in [5.41, 5.74) is 2.82. The summed E-state index contributed by atoms with van der Waals surface area (Å²) >= 11 is 0. The molecule has 0 saturated heterocycles. The molecule has 3 aromatic heterocycles. The van der Waals surface area contributed by atoms with Gasteiger partial charge in [0.15, 0.2) is 11.4 Å². The summed E-state index contributed by atoms with van der Waals surface area (Å²) in [6.07, 6.45) is 4.54. The number of hydrazine groups is 1. The zero-order valence-corrected chi connectivity index (χ0v) is 11.1. The van der Waals surface area contributed by atoms with E-state index in [1.807, 2.05) is 5.43 Å². The molecule has 0 bridgehead atoms. The first kappa shape index (κ1) is 13.1. The van der Waals surface area contributed by atoms with E-state index in [4.69, 9.17) is 10.3 Å². The fourth-order valence-corrected chi connectivity index (χ4v) is 2.00. The number of aromatic nitrogens is 4. The molecule has 9 nitrogen and oxygen atoms in total. The summed E-state index contributed by atoms with van der Waals surface area (Å²) in [6, 6.07) is 1.53. The molecule has 3 aromatic rings. The number of nitrogens with two attached hydrogens (primary N) is 1. The molecule has 1 amide bonds. The van der Waals surface area contributed by atoms with Gasteiger partial charge in [-0.25, -0.2) is 19.7 Å². The van der Waals surface area contributed by atoms with Crippen molar-refractivity contribution < 1.29 is 9.21 Å². The molecule has 3 rings (SSSR count). The van der Waals surface area contributed by atoms with Crippen LogP contribution in [0.3, 0.4) is 0 Å². The van der Waals surface area contributed by atoms with Gasteiger partial charge in [0.25, 0.3) is 0 Å². The maximum Gasteiger partial charge on any atom is 0.350 e. The molecule has 21 heavy (non-hydrogen) atoms. The summed E-state index contributed by atoms with van der Waals surface area (Å²) in [5, 5.41) is 4.16. The third kappa shape index (κ3) is 2.19. The molecule has 0 aliphatic rings. The number of rotatable bonds is 3. The lowest BCUT2D eigenvalue weighted by Gasteiger charge is -1.96. The number of furan rings is 1. The first-order valence-corrected chi connectivity index (χ1v) is 6.09. The summed E-state index contributed by atoms with van der Waals surface area (Å²) in [7, 11) is 0. The van der Waals surface area contributed by atoms with Crippen molar-refractivity contribution in [3.8, 4) is 0 Å². The molecule has 0 aliphatic carbocycles. The van der Waals surface area contributed by atoms with Crippen molar-refractivity contribution in [2.45, 2.75) is 13.5 Å². The number of amides is 1. The molecule has 3 heterocycles. The van der Waals surface area contributed by atoms with Crippen molar-refractivity contribution in [2.24, 2.45) is 5.84 Å². The van der Waals surface area contributed by atoms with E-state index in [9.17, 15) is 9.59 Å². The Bertz CT molecular complexity index is 875. The monoisotopic (exact) mass is 288 g/mol. The topological polar surface area (TPSA) is 120 Å². The molecular weight excluding hydrogens is 276 g/mol. The van der Waals surface area contributed by atoms with E-state index in [2.05, 4.69) is 10.1 Å². The van der Waals surface area contributed by atoms with Crippen molar-refractivity contribution >= 4 is 11.6 Å². The van der Waals surface area contributed by atoms with E-state index in [1.54, 1.807) is 6.92 Å². The molecule has 0 fully saturated rings. The molecule has 0 aromatic carbocycles. The van der Waals surface area contributed by atoms with Gasteiger partial charge in [0, 0.05) is 18.0 Å². The molecule has 0 unspecified atom stereocenters. The number of hydrogen-bond acceptors (Lipinski definition) is 6. The lowest BCUT2D eigenvalue weighted by molar-refractivity contribution is 0.0924. The maximum absolute atomic E-state index is 12.1. The smallest absolute Gasteiger partial charge is 0.350 e. The van der Waals surface area contributed by atoms with Gasteiger partial charge in [0.1, 0.15) is 5.76 Å². The zero-order valence-electron chi connectivity index (χ0n) is 11.1. The van der Waals surface area contributed by atoms with Gasteiger partial charge < -0.3 is 4.42 Å². The molecule has 108 valence electrons. The lowest BCUT2D eigenvalue weighted by atomic mass is 10.2. The molecule has 0 radical (unpaired) electrons. The molecular formula is C12H12N6O3. The van der Waals surface area contributed by atoms with E-state index < -0.39 is 5.91 Å². The number of fused-ring (bicyclic) bond motifs is 1. The van der Waals surface area contributed by atoms with E-state index in [0.29, 0.717) is 17.0 Å². The summed E-state index contributed by atoms with van der Waals surface area (Å²) in [6.45, 7) is 1.89. The number of carbonyl (C=O) groups excluding carboxylic acids is 1. The summed E-state index contributed by atoms with van der Waals surface area (Å²) < 4.78 is 7.96. The van der Waals surface area contributed by atoms with E-state index >= 15 is 0 Å². The van der Waals surface area contributed by atoms with Gasteiger partial charge in [-0.1, -0.05) is 0 Å². The number of aryl methyl sites for hydroxylation is 1. The van der Waals surface area contributed by atoms with Crippen LogP contribution in [0, 0.1) is 6.92 Å². The molecule has 9 heteroatoms. The highest BCUT2D eigenvalue weighted by molar-refractivity contribution is 5.91. The Kier molecular flexibility index (Phi) is 3.03. The minimum atomic E-state index is -0.532. The average Bonchev–Trinajstić information content (AvgIpc) is 3.01. The quantitative estimate of drug-likeness (QED) is 0.379. The second-order valence-corrected chi connectivity index (χ2v) is 4.41. The predicted molar refractivity (Wildman–Crippen MR) is 71.4 cm³/mol. The molecule has 3 N–H and O–H groups in total. The summed E-state index contributed by atoms with van der Waals surface area (Å²) in [4.78, 5) is 27.5. The van der Waals surface area contributed by atoms with Crippen molar-refractivity contribution in [3.05, 3.63) is 52.2 Å². The van der Waals surface area contributed by atoms with Gasteiger partial charge in [-0.05, 0) is 13.0 Å². The van der Waals surface area contributed by atoms with Crippen LogP contribution >= 0.6 is 0 Å². The lowest BCUT2D eigenvalue weighted by Crippen LogP contribution is -2.29. The number of hydrogen-bond donors (Lipinski definition) is 2. The fraction of sp³-hybridized carbons (Fsp3) is 0.167. The van der Waals surface area contributed by atoms with Gasteiger partial charge in [-0.15, -0.1) is 5.10 Å². The van der Waals surface area contributed by atoms with E-state index in [0.717, 1.165) is 0 Å². The first-order chi connectivity index (χ1) is 10.1. The highest BCUT2D eigenvalue weighted by Gasteiger charge is 2.15. The number of nitrogens with one attached hydrogen (secondary N) is 1. The van der Waals surface area contributed by atoms with Crippen LogP contribution < -0.4 is 17.0 Å². The molecule has 0 spiro atoms. The highest BCUT2D eigenvalue weighted by Crippen LogP contribution is 2.15. The Morgan fingerprint density at radius 3 is 3.05 bits per heavy atom. The second kappa shape index (κ2) is 4.87. The molecule has 0 saturated carbocycles. The van der Waals surface area contributed by atoms with Crippen LogP contribution in [0.15, 0.2) is 33.9 Å². The molecule has 0 atom stereocenters. The predicted octanol–water partition coefficient (Wildman–Crippen LogP) is -0.556. The number of nitrogen functional groups attached to an aromatic ring is 1. The second-order valence-electron chi connectivity index (χ2n) is 4.41. The Labute approximate surface area is 118 Å². The number of carbonyl (C=O) groups is 1. The van der Waals surface area contributed by atoms with Crippen molar-refractivity contribution in [2.75, 3.05) is 0 Å². The van der Waals surface area contributed by atoms with Crippen LogP contribution in [0.1, 0.15) is 21.9 Å². The molecule has 0 aliphatic heterocycles. The van der Waals surface area contributed by atoms with Crippen LogP contribution in [0.2, 0.25) is 0 Å². The van der Waals surface area contributed by atoms with Crippen LogP contribution in [0.25, 0.3) is 5.65 Å². The average molecular weight is 288 g/mol. The normalized spacial score (nSPS) is 11.0. The Balaban J connectivity index is 1.99. The van der Waals surface area contributed by atoms with Crippen molar-refractivity contribution in [1.82, 2.24) is 24.6 Å². The van der Waals surface area contributed by atoms with Crippen LogP contribution in [0.5, 0.6) is 0 Å². The van der Waals surface area contributed by atoms with Crippen molar-refractivity contribution in [1.29, 1.82) is 0 Å². The fourth-order valence-electron chi connectivity index (χ4n) is 2.00. The van der Waals surface area contributed by atoms with Gasteiger partial charge in [0.05, 0.1) is 12.7 Å². The largest absolute Gasteiger partial charge is 0.456 e.